The summed E-state index contributed by atoms with van der Waals surface area (Å²) in [5.74, 6) is 0. The number of hydrogen-bond acceptors (Lipinski definition) is 2. The van der Waals surface area contributed by atoms with Crippen molar-refractivity contribution in [1.29, 1.82) is 0 Å². The molecule has 0 unspecified atom stereocenters. The molecule has 0 aliphatic rings. The summed E-state index contributed by atoms with van der Waals surface area (Å²) in [6, 6.07) is 0. The Kier molecular flexibility index (Phi) is 14.8. The standard InChI is InChI=1S/C3H9NO.Ru/c4-2-1-3-5;/h5H,1-4H2;. The van der Waals surface area contributed by atoms with Crippen LogP contribution in [0.3, 0.4) is 0 Å². The summed E-state index contributed by atoms with van der Waals surface area (Å²) in [5, 5.41) is 7.99. The van der Waals surface area contributed by atoms with Crippen molar-refractivity contribution in [3.05, 3.63) is 0 Å². The first-order valence-corrected chi connectivity index (χ1v) is 1.72. The van der Waals surface area contributed by atoms with Gasteiger partial charge in [0.1, 0.15) is 0 Å². The Morgan fingerprint density at radius 1 is 1.50 bits per heavy atom. The van der Waals surface area contributed by atoms with E-state index in [9.17, 15) is 0 Å². The molecular weight excluding hydrogens is 167 g/mol. The molecule has 0 aliphatic carbocycles. The Labute approximate surface area is 50.5 Å². The molecule has 0 atom stereocenters. The summed E-state index contributed by atoms with van der Waals surface area (Å²) in [6.07, 6.45) is 0.722. The smallest absolute Gasteiger partial charge is 0.0443 e. The van der Waals surface area contributed by atoms with Gasteiger partial charge in [-0.05, 0) is 13.0 Å². The van der Waals surface area contributed by atoms with Gasteiger partial charge in [-0.3, -0.25) is 0 Å². The third kappa shape index (κ3) is 8.82. The Hall–Kier alpha value is 0.543. The van der Waals surface area contributed by atoms with E-state index in [0.717, 1.165) is 6.42 Å². The van der Waals surface area contributed by atoms with Crippen molar-refractivity contribution in [3.63, 3.8) is 0 Å². The maximum absolute atomic E-state index is 7.99. The molecule has 6 heavy (non-hydrogen) atoms. The number of aliphatic hydroxyl groups excluding tert-OH is 1. The van der Waals surface area contributed by atoms with Gasteiger partial charge in [-0.2, -0.15) is 0 Å². The first-order valence-electron chi connectivity index (χ1n) is 1.72. The Balaban J connectivity index is 0. The summed E-state index contributed by atoms with van der Waals surface area (Å²) in [7, 11) is 0. The molecule has 0 rings (SSSR count). The van der Waals surface area contributed by atoms with E-state index >= 15 is 0 Å². The van der Waals surface area contributed by atoms with Gasteiger partial charge in [-0.15, -0.1) is 0 Å². The van der Waals surface area contributed by atoms with Gasteiger partial charge < -0.3 is 10.8 Å². The minimum Gasteiger partial charge on any atom is -0.396 e. The minimum atomic E-state index is 0. The first kappa shape index (κ1) is 9.74. The third-order valence-corrected chi connectivity index (χ3v) is 0.362. The van der Waals surface area contributed by atoms with Crippen LogP contribution in [0.2, 0.25) is 0 Å². The fourth-order valence-corrected chi connectivity index (χ4v) is 0.0913. The van der Waals surface area contributed by atoms with E-state index in [1.54, 1.807) is 0 Å². The number of hydrogen-bond donors (Lipinski definition) is 2. The topological polar surface area (TPSA) is 46.2 Å². The van der Waals surface area contributed by atoms with Crippen molar-refractivity contribution in [1.82, 2.24) is 0 Å². The van der Waals surface area contributed by atoms with Gasteiger partial charge in [0.25, 0.3) is 0 Å². The Morgan fingerprint density at radius 2 is 2.00 bits per heavy atom. The van der Waals surface area contributed by atoms with Gasteiger partial charge >= 0.3 is 0 Å². The molecule has 0 saturated carbocycles. The van der Waals surface area contributed by atoms with E-state index in [1.807, 2.05) is 0 Å². The fourth-order valence-electron chi connectivity index (χ4n) is 0.0913. The first-order chi connectivity index (χ1) is 2.41. The SMILES string of the molecule is NCCCO.[Ru]. The normalized spacial score (nSPS) is 7.00. The van der Waals surface area contributed by atoms with Gasteiger partial charge in [0, 0.05) is 26.1 Å². The molecule has 0 saturated heterocycles. The van der Waals surface area contributed by atoms with Crippen LogP contribution >= 0.6 is 0 Å². The van der Waals surface area contributed by atoms with E-state index in [1.165, 1.54) is 0 Å². The Bertz CT molecular complexity index is 18.3. The summed E-state index contributed by atoms with van der Waals surface area (Å²) < 4.78 is 0. The summed E-state index contributed by atoms with van der Waals surface area (Å²) in [5.41, 5.74) is 4.98. The molecule has 0 bridgehead atoms. The van der Waals surface area contributed by atoms with Gasteiger partial charge in [0.15, 0.2) is 0 Å². The molecule has 0 aromatic heterocycles. The molecule has 0 fully saturated rings. The molecule has 0 amide bonds. The summed E-state index contributed by atoms with van der Waals surface area (Å²) in [6.45, 7) is 0.812. The van der Waals surface area contributed by atoms with Crippen LogP contribution in [-0.4, -0.2) is 18.3 Å². The van der Waals surface area contributed by atoms with Crippen LogP contribution in [0.25, 0.3) is 0 Å². The molecule has 40 valence electrons. The molecule has 2 nitrogen and oxygen atoms in total. The molecule has 3 N–H and O–H groups in total. The second kappa shape index (κ2) is 9.11. The maximum atomic E-state index is 7.99. The average Bonchev–Trinajstić information content (AvgIpc) is 1.41. The van der Waals surface area contributed by atoms with Crippen molar-refractivity contribution in [3.8, 4) is 0 Å². The van der Waals surface area contributed by atoms with Gasteiger partial charge in [0.2, 0.25) is 0 Å². The molecule has 0 aromatic carbocycles. The predicted molar refractivity (Wildman–Crippen MR) is 20.8 cm³/mol. The second-order valence-electron chi connectivity index (χ2n) is 0.866. The van der Waals surface area contributed by atoms with E-state index in [4.69, 9.17) is 10.8 Å². The third-order valence-electron chi connectivity index (χ3n) is 0.362. The number of rotatable bonds is 2. The van der Waals surface area contributed by atoms with Crippen molar-refractivity contribution < 1.29 is 24.6 Å². The molecule has 0 heterocycles. The van der Waals surface area contributed by atoms with Crippen LogP contribution in [0.1, 0.15) is 6.42 Å². The Morgan fingerprint density at radius 3 is 2.00 bits per heavy atom. The zero-order chi connectivity index (χ0) is 4.12. The van der Waals surface area contributed by atoms with Gasteiger partial charge in [-0.25, -0.2) is 0 Å². The average molecular weight is 176 g/mol. The van der Waals surface area contributed by atoms with Crippen LogP contribution in [0.5, 0.6) is 0 Å². The summed E-state index contributed by atoms with van der Waals surface area (Å²) >= 11 is 0. The van der Waals surface area contributed by atoms with Crippen molar-refractivity contribution in [2.75, 3.05) is 13.2 Å². The van der Waals surface area contributed by atoms with Crippen molar-refractivity contribution in [2.45, 2.75) is 6.42 Å². The monoisotopic (exact) mass is 177 g/mol. The van der Waals surface area contributed by atoms with Crippen LogP contribution < -0.4 is 5.73 Å². The largest absolute Gasteiger partial charge is 0.396 e. The van der Waals surface area contributed by atoms with Crippen LogP contribution in [0.4, 0.5) is 0 Å². The van der Waals surface area contributed by atoms with E-state index in [-0.39, 0.29) is 26.1 Å². The molecule has 0 aromatic rings. The van der Waals surface area contributed by atoms with Gasteiger partial charge in [0.05, 0.1) is 0 Å². The molecule has 0 spiro atoms. The molecule has 0 radical (unpaired) electrons. The number of aliphatic hydroxyl groups is 1. The zero-order valence-electron chi connectivity index (χ0n) is 3.50. The van der Waals surface area contributed by atoms with Crippen LogP contribution in [-0.2, 0) is 19.5 Å². The quantitative estimate of drug-likeness (QED) is 0.548. The second-order valence-corrected chi connectivity index (χ2v) is 0.866. The molecular formula is C3H9NORu. The minimum absolute atomic E-state index is 0. The van der Waals surface area contributed by atoms with Crippen molar-refractivity contribution in [2.24, 2.45) is 5.73 Å². The molecule has 3 heteroatoms. The van der Waals surface area contributed by atoms with E-state index in [2.05, 4.69) is 0 Å². The maximum Gasteiger partial charge on any atom is 0.0443 e. The van der Waals surface area contributed by atoms with Crippen LogP contribution in [0, 0.1) is 0 Å². The van der Waals surface area contributed by atoms with E-state index in [0.29, 0.717) is 6.54 Å². The fraction of sp³-hybridized carbons (Fsp3) is 1.00. The van der Waals surface area contributed by atoms with Gasteiger partial charge in [-0.1, -0.05) is 0 Å². The van der Waals surface area contributed by atoms with Crippen LogP contribution in [0.15, 0.2) is 0 Å². The molecule has 0 aliphatic heterocycles. The van der Waals surface area contributed by atoms with Crippen molar-refractivity contribution >= 4 is 0 Å². The number of nitrogens with two attached hydrogens (primary N) is 1. The zero-order valence-corrected chi connectivity index (χ0v) is 5.24. The summed E-state index contributed by atoms with van der Waals surface area (Å²) in [4.78, 5) is 0. The van der Waals surface area contributed by atoms with E-state index < -0.39 is 0 Å². The predicted octanol–water partition coefficient (Wildman–Crippen LogP) is -0.675.